The monoisotopic (exact) mass is 434 g/mol. The molecule has 8 nitrogen and oxygen atoms in total. The molecule has 1 unspecified atom stereocenters. The number of nitrogens with one attached hydrogen (secondary N) is 1. The highest BCUT2D eigenvalue weighted by molar-refractivity contribution is 5.81. The number of aromatic nitrogens is 1. The number of aliphatic hydroxyl groups is 1. The molecule has 8 heteroatoms. The number of hydrogen-bond donors (Lipinski definition) is 5. The number of aliphatic imine (C=N–C) groups is 1. The van der Waals surface area contributed by atoms with Gasteiger partial charge in [-0.25, -0.2) is 9.79 Å². The van der Waals surface area contributed by atoms with Crippen LogP contribution < -0.4 is 11.5 Å². The van der Waals surface area contributed by atoms with Crippen molar-refractivity contribution in [1.29, 1.82) is 0 Å². The zero-order valence-electron chi connectivity index (χ0n) is 18.6. The smallest absolute Gasteiger partial charge is 0.328 e. The summed E-state index contributed by atoms with van der Waals surface area (Å²) in [6, 6.07) is 3.44. The number of rotatable bonds is 19. The van der Waals surface area contributed by atoms with Crippen LogP contribution in [0.15, 0.2) is 35.0 Å². The zero-order valence-corrected chi connectivity index (χ0v) is 18.6. The number of carboxylic acid groups (broad SMARTS) is 1. The first-order valence-corrected chi connectivity index (χ1v) is 11.5. The van der Waals surface area contributed by atoms with E-state index in [-0.39, 0.29) is 18.5 Å². The van der Waals surface area contributed by atoms with E-state index in [1.165, 1.54) is 51.0 Å². The molecule has 1 heterocycles. The number of guanidine groups is 1. The number of H-pyrrole nitrogens is 1. The van der Waals surface area contributed by atoms with Gasteiger partial charge in [-0.1, -0.05) is 88.4 Å². The van der Waals surface area contributed by atoms with Crippen molar-refractivity contribution in [2.24, 2.45) is 16.5 Å². The summed E-state index contributed by atoms with van der Waals surface area (Å²) in [6.07, 6.45) is 16.5. The minimum atomic E-state index is -1.02. The number of unbranched alkanes of at least 4 members (excludes halogenated alkanes) is 10. The maximum Gasteiger partial charge on any atom is 0.328 e. The van der Waals surface area contributed by atoms with Gasteiger partial charge in [-0.2, -0.15) is 0 Å². The van der Waals surface area contributed by atoms with Crippen LogP contribution in [0.4, 0.5) is 5.82 Å². The fraction of sp³-hybridized carbons (Fsp3) is 0.652. The van der Waals surface area contributed by atoms with Gasteiger partial charge in [0.15, 0.2) is 5.96 Å². The van der Waals surface area contributed by atoms with E-state index < -0.39 is 5.97 Å². The average molecular weight is 435 g/mol. The van der Waals surface area contributed by atoms with Crippen LogP contribution in [-0.2, 0) is 4.79 Å². The summed E-state index contributed by atoms with van der Waals surface area (Å²) in [4.78, 5) is 18.3. The molecule has 0 aromatic carbocycles. The van der Waals surface area contributed by atoms with E-state index in [1.807, 2.05) is 12.1 Å². The summed E-state index contributed by atoms with van der Waals surface area (Å²) >= 11 is 0. The molecule has 0 saturated heterocycles. The van der Waals surface area contributed by atoms with Crippen LogP contribution in [0.3, 0.4) is 0 Å². The molecule has 0 saturated carbocycles. The molecule has 1 atom stereocenters. The number of nitrogens with zero attached hydrogens (tertiary/aromatic N) is 2. The molecule has 0 spiro atoms. The predicted molar refractivity (Wildman–Crippen MR) is 126 cm³/mol. The zero-order chi connectivity index (χ0) is 22.7. The first kappa shape index (κ1) is 26.6. The lowest BCUT2D eigenvalue weighted by atomic mass is 9.98. The number of hydrogen-bond acceptors (Lipinski definition) is 3. The first-order valence-electron chi connectivity index (χ1n) is 11.5. The molecule has 1 aromatic heterocycles. The highest BCUT2D eigenvalue weighted by atomic mass is 16.4. The fourth-order valence-corrected chi connectivity index (χ4v) is 3.53. The molecule has 0 radical (unpaired) electrons. The van der Waals surface area contributed by atoms with Gasteiger partial charge in [-0.05, 0) is 24.5 Å². The first-order chi connectivity index (χ1) is 15.0. The molecule has 0 aliphatic heterocycles. The Morgan fingerprint density at radius 1 is 1.03 bits per heavy atom. The fourth-order valence-electron chi connectivity index (χ4n) is 3.53. The Morgan fingerprint density at radius 3 is 2.10 bits per heavy atom. The molecule has 7 N–H and O–H groups in total. The Hall–Kier alpha value is -2.48. The molecule has 0 bridgehead atoms. The van der Waals surface area contributed by atoms with Gasteiger partial charge in [0.25, 0.3) is 0 Å². The van der Waals surface area contributed by atoms with Crippen molar-refractivity contribution < 1.29 is 15.0 Å². The summed E-state index contributed by atoms with van der Waals surface area (Å²) in [6.45, 7) is 0.433. The average Bonchev–Trinajstić information content (AvgIpc) is 3.24. The summed E-state index contributed by atoms with van der Waals surface area (Å²) in [7, 11) is 0. The van der Waals surface area contributed by atoms with Crippen LogP contribution in [0.2, 0.25) is 0 Å². The minimum absolute atomic E-state index is 0.0664. The number of nitrogens with two attached hydrogens (primary N) is 2. The molecule has 0 fully saturated rings. The third-order valence-corrected chi connectivity index (χ3v) is 5.19. The van der Waals surface area contributed by atoms with Crippen molar-refractivity contribution in [1.82, 2.24) is 4.98 Å². The Bertz CT molecular complexity index is 640. The summed E-state index contributed by atoms with van der Waals surface area (Å²) < 4.78 is 0. The van der Waals surface area contributed by atoms with Gasteiger partial charge in [0.2, 0.25) is 0 Å². The van der Waals surface area contributed by atoms with E-state index in [2.05, 4.69) is 15.3 Å². The Labute approximate surface area is 186 Å². The second-order valence-corrected chi connectivity index (χ2v) is 7.90. The van der Waals surface area contributed by atoms with E-state index >= 15 is 0 Å². The molecule has 1 rings (SSSR count). The SMILES string of the molecule is NC(N)=NCC(=CC(=O)O)C(CCCCCCCCCCCCCO)[N-]c1ccc[nH]1. The molecule has 1 aromatic rings. The lowest BCUT2D eigenvalue weighted by molar-refractivity contribution is -0.131. The standard InChI is InChI=1S/C23H40N5O3/c24-23(25)27-18-19(17-22(30)31)20(28-21-14-12-15-26-21)13-10-8-6-4-2-1-3-5-7-9-11-16-29/h12,14-15,17,20,26,29H,1-11,13,16,18H2,(H,30,31)(H4,24,25,27)/q-1. The minimum Gasteiger partial charge on any atom is -0.478 e. The Morgan fingerprint density at radius 2 is 1.61 bits per heavy atom. The second kappa shape index (κ2) is 17.2. The number of aromatic amines is 1. The molecule has 0 aliphatic carbocycles. The molecule has 0 aliphatic rings. The van der Waals surface area contributed by atoms with Gasteiger partial charge < -0.3 is 32.0 Å². The third-order valence-electron chi connectivity index (χ3n) is 5.19. The van der Waals surface area contributed by atoms with Crippen LogP contribution in [0.1, 0.15) is 77.0 Å². The highest BCUT2D eigenvalue weighted by Crippen LogP contribution is 2.27. The van der Waals surface area contributed by atoms with E-state index in [9.17, 15) is 9.90 Å². The normalized spacial score (nSPS) is 12.5. The van der Waals surface area contributed by atoms with Gasteiger partial charge in [0, 0.05) is 12.7 Å². The largest absolute Gasteiger partial charge is 0.478 e. The van der Waals surface area contributed by atoms with Crippen LogP contribution in [-0.4, -0.2) is 46.3 Å². The van der Waals surface area contributed by atoms with Crippen LogP contribution in [0.5, 0.6) is 0 Å². The maximum atomic E-state index is 11.3. The van der Waals surface area contributed by atoms with Crippen molar-refractivity contribution in [3.8, 4) is 0 Å². The maximum absolute atomic E-state index is 11.3. The molecule has 176 valence electrons. The van der Waals surface area contributed by atoms with E-state index in [1.54, 1.807) is 6.20 Å². The van der Waals surface area contributed by atoms with Gasteiger partial charge >= 0.3 is 5.97 Å². The van der Waals surface area contributed by atoms with E-state index in [0.29, 0.717) is 18.0 Å². The van der Waals surface area contributed by atoms with Crippen molar-refractivity contribution in [2.75, 3.05) is 13.2 Å². The second-order valence-electron chi connectivity index (χ2n) is 7.90. The molecule has 31 heavy (non-hydrogen) atoms. The highest BCUT2D eigenvalue weighted by Gasteiger charge is 2.12. The number of carboxylic acids is 1. The van der Waals surface area contributed by atoms with Crippen molar-refractivity contribution >= 4 is 17.7 Å². The van der Waals surface area contributed by atoms with Crippen LogP contribution in [0.25, 0.3) is 5.32 Å². The van der Waals surface area contributed by atoms with Gasteiger partial charge in [-0.15, -0.1) is 0 Å². The van der Waals surface area contributed by atoms with E-state index in [0.717, 1.165) is 32.1 Å². The number of aliphatic carboxylic acids is 1. The van der Waals surface area contributed by atoms with Crippen molar-refractivity contribution in [2.45, 2.75) is 83.1 Å². The van der Waals surface area contributed by atoms with Crippen molar-refractivity contribution in [3.05, 3.63) is 35.3 Å². The molecule has 0 amide bonds. The van der Waals surface area contributed by atoms with Crippen molar-refractivity contribution in [3.63, 3.8) is 0 Å². The number of aliphatic hydroxyl groups excluding tert-OH is 1. The Kier molecular flexibility index (Phi) is 14.8. The van der Waals surface area contributed by atoms with Gasteiger partial charge in [0.05, 0.1) is 6.54 Å². The summed E-state index contributed by atoms with van der Waals surface area (Å²) in [5.41, 5.74) is 11.5. The van der Waals surface area contributed by atoms with Gasteiger partial charge in [0.1, 0.15) is 0 Å². The van der Waals surface area contributed by atoms with Crippen LogP contribution >= 0.6 is 0 Å². The third kappa shape index (κ3) is 14.2. The lowest BCUT2D eigenvalue weighted by Gasteiger charge is -2.27. The number of carbonyl (C=O) groups is 1. The topological polar surface area (TPSA) is 152 Å². The predicted octanol–water partition coefficient (Wildman–Crippen LogP) is 4.35. The van der Waals surface area contributed by atoms with E-state index in [4.69, 9.17) is 16.6 Å². The molecular weight excluding hydrogens is 394 g/mol. The lowest BCUT2D eigenvalue weighted by Crippen LogP contribution is -2.24. The summed E-state index contributed by atoms with van der Waals surface area (Å²) in [5.74, 6) is -0.378. The quantitative estimate of drug-likeness (QED) is 0.0948. The molecular formula is C23H40N5O3-. The summed E-state index contributed by atoms with van der Waals surface area (Å²) in [5, 5.41) is 22.7. The van der Waals surface area contributed by atoms with Crippen LogP contribution in [0, 0.1) is 0 Å². The van der Waals surface area contributed by atoms with Gasteiger partial charge in [-0.3, -0.25) is 0 Å². The Balaban J connectivity index is 2.39.